The smallest absolute Gasteiger partial charge is 0.432 e. The first-order valence-corrected chi connectivity index (χ1v) is 13.9. The fourth-order valence-electron chi connectivity index (χ4n) is 9.61. The topological polar surface area (TPSA) is 61.8 Å². The highest BCUT2D eigenvalue weighted by Crippen LogP contribution is 2.77. The molecule has 5 nitrogen and oxygen atoms in total. The van der Waals surface area contributed by atoms with Gasteiger partial charge in [-0.15, -0.1) is 0 Å². The van der Waals surface area contributed by atoms with Crippen LogP contribution in [0.15, 0.2) is 41.5 Å². The van der Waals surface area contributed by atoms with Crippen molar-refractivity contribution in [2.75, 3.05) is 14.2 Å². The van der Waals surface area contributed by atoms with E-state index >= 15 is 0 Å². The molecule has 3 saturated carbocycles. The zero-order valence-corrected chi connectivity index (χ0v) is 23.6. The third kappa shape index (κ3) is 3.76. The van der Waals surface area contributed by atoms with Crippen LogP contribution >= 0.6 is 0 Å². The first kappa shape index (κ1) is 28.2. The van der Waals surface area contributed by atoms with Gasteiger partial charge in [-0.3, -0.25) is 4.79 Å². The Balaban J connectivity index is 1.59. The van der Waals surface area contributed by atoms with Crippen molar-refractivity contribution in [2.45, 2.75) is 84.1 Å². The van der Waals surface area contributed by atoms with Crippen molar-refractivity contribution in [3.05, 3.63) is 47.0 Å². The van der Waals surface area contributed by atoms with Crippen LogP contribution in [0, 0.1) is 34.0 Å². The zero-order chi connectivity index (χ0) is 28.6. The molecule has 1 spiro atoms. The van der Waals surface area contributed by atoms with Crippen molar-refractivity contribution in [3.8, 4) is 0 Å². The Labute approximate surface area is 228 Å². The number of allylic oxidation sites excluding steroid dienone is 1. The number of alkyl halides is 3. The quantitative estimate of drug-likeness (QED) is 0.301. The number of carbonyl (C=O) groups excluding carboxylic acids is 2. The van der Waals surface area contributed by atoms with E-state index in [0.717, 1.165) is 37.5 Å². The Bertz CT molecular complexity index is 1190. The molecule has 0 unspecified atom stereocenters. The maximum Gasteiger partial charge on any atom is 0.432 e. The Morgan fingerprint density at radius 3 is 2.28 bits per heavy atom. The van der Waals surface area contributed by atoms with Gasteiger partial charge in [-0.05, 0) is 73.7 Å². The summed E-state index contributed by atoms with van der Waals surface area (Å²) in [5.41, 5.74) is -2.16. The maximum absolute atomic E-state index is 14.6. The van der Waals surface area contributed by atoms with Crippen LogP contribution in [0.2, 0.25) is 0 Å². The van der Waals surface area contributed by atoms with Gasteiger partial charge in [0.25, 0.3) is 5.60 Å². The lowest BCUT2D eigenvalue weighted by Crippen LogP contribution is -2.53. The van der Waals surface area contributed by atoms with Gasteiger partial charge in [-0.2, -0.15) is 13.2 Å². The summed E-state index contributed by atoms with van der Waals surface area (Å²) in [6, 6.07) is 6.93. The number of hydrogen-bond donors (Lipinski definition) is 0. The molecule has 8 heteroatoms. The van der Waals surface area contributed by atoms with Gasteiger partial charge < -0.3 is 14.2 Å². The van der Waals surface area contributed by atoms with E-state index < -0.39 is 29.3 Å². The predicted octanol–water partition coefficient (Wildman–Crippen LogP) is 6.75. The van der Waals surface area contributed by atoms with E-state index in [1.807, 2.05) is 6.92 Å². The highest BCUT2D eigenvalue weighted by atomic mass is 19.4. The molecule has 7 atom stereocenters. The lowest BCUT2D eigenvalue weighted by molar-refractivity contribution is -0.278. The van der Waals surface area contributed by atoms with E-state index in [1.165, 1.54) is 31.4 Å². The average molecular weight is 549 g/mol. The number of ether oxygens (including phenoxy) is 3. The fourth-order valence-corrected chi connectivity index (χ4v) is 9.61. The number of methoxy groups -OCH3 is 2. The third-order valence-corrected chi connectivity index (χ3v) is 10.9. The molecule has 1 aromatic carbocycles. The Hall–Kier alpha value is -2.35. The minimum absolute atomic E-state index is 0.0105. The van der Waals surface area contributed by atoms with Crippen LogP contribution in [0.25, 0.3) is 0 Å². The molecule has 5 rings (SSSR count). The Kier molecular flexibility index (Phi) is 6.56. The molecule has 0 aromatic heterocycles. The number of halogens is 3. The molecule has 0 saturated heterocycles. The maximum atomic E-state index is 14.6. The predicted molar refractivity (Wildman–Crippen MR) is 138 cm³/mol. The molecule has 4 aliphatic rings. The van der Waals surface area contributed by atoms with Gasteiger partial charge in [0.2, 0.25) is 0 Å². The second kappa shape index (κ2) is 9.08. The summed E-state index contributed by atoms with van der Waals surface area (Å²) in [7, 11) is 2.31. The molecular weight excluding hydrogens is 509 g/mol. The molecular formula is C31H39F3O5. The minimum Gasteiger partial charge on any atom is -0.469 e. The highest BCUT2D eigenvalue weighted by molar-refractivity contribution is 5.83. The van der Waals surface area contributed by atoms with Crippen LogP contribution in [0.4, 0.5) is 13.2 Å². The van der Waals surface area contributed by atoms with Gasteiger partial charge in [-0.1, -0.05) is 56.7 Å². The summed E-state index contributed by atoms with van der Waals surface area (Å²) < 4.78 is 60.0. The van der Waals surface area contributed by atoms with Crippen molar-refractivity contribution < 1.29 is 37.0 Å². The molecule has 0 heterocycles. The summed E-state index contributed by atoms with van der Waals surface area (Å²) in [4.78, 5) is 26.7. The molecule has 3 fully saturated rings. The number of rotatable bonds is 5. The Morgan fingerprint density at radius 1 is 1.03 bits per heavy atom. The van der Waals surface area contributed by atoms with Crippen LogP contribution in [0.5, 0.6) is 0 Å². The van der Waals surface area contributed by atoms with Crippen molar-refractivity contribution in [1.29, 1.82) is 0 Å². The van der Waals surface area contributed by atoms with E-state index in [4.69, 9.17) is 14.2 Å². The molecule has 1 aromatic rings. The number of benzene rings is 1. The van der Waals surface area contributed by atoms with E-state index in [-0.39, 0.29) is 40.1 Å². The SMILES string of the molecule is COC(=O)[C@H]1CCC2=C(C)[C@H](OC(=O)[C@](OC)(c3ccccc3)C(F)(F)F)C[C@H]3[C@@H]4C(C)(C)CC[C@]4(C)C[C@]213. The summed E-state index contributed by atoms with van der Waals surface area (Å²) in [5, 5.41) is 0. The largest absolute Gasteiger partial charge is 0.469 e. The molecule has 214 valence electrons. The van der Waals surface area contributed by atoms with Crippen LogP contribution in [-0.2, 0) is 29.4 Å². The Morgan fingerprint density at radius 2 is 1.69 bits per heavy atom. The van der Waals surface area contributed by atoms with Gasteiger partial charge in [0.15, 0.2) is 0 Å². The van der Waals surface area contributed by atoms with Gasteiger partial charge >= 0.3 is 18.1 Å². The highest BCUT2D eigenvalue weighted by Gasteiger charge is 2.72. The monoisotopic (exact) mass is 548 g/mol. The van der Waals surface area contributed by atoms with Crippen molar-refractivity contribution >= 4 is 11.9 Å². The van der Waals surface area contributed by atoms with Crippen molar-refractivity contribution in [1.82, 2.24) is 0 Å². The summed E-state index contributed by atoms with van der Waals surface area (Å²) in [6.07, 6.45) is -1.29. The minimum atomic E-state index is -5.04. The van der Waals surface area contributed by atoms with Crippen LogP contribution in [0.1, 0.15) is 71.8 Å². The lowest BCUT2D eigenvalue weighted by Gasteiger charge is -2.48. The standard InChI is InChI=1S/C31H39F3O5/c1-18-20-12-13-21(25(35)37-5)29(20)17-28(4)15-14-27(2,3)24(28)22(29)16-23(18)39-26(36)30(38-6,31(32,33)34)19-10-8-7-9-11-19/h7-11,21-24H,12-17H2,1-6H3/t21-,22+,23-,24-,28-,29+,30-/m1/s1. The molecule has 0 amide bonds. The van der Waals surface area contributed by atoms with E-state index in [2.05, 4.69) is 20.8 Å². The normalized spacial score (nSPS) is 36.5. The number of carbonyl (C=O) groups is 2. The second-order valence-electron chi connectivity index (χ2n) is 13.1. The van der Waals surface area contributed by atoms with Crippen LogP contribution in [-0.4, -0.2) is 38.4 Å². The molecule has 0 radical (unpaired) electrons. The third-order valence-electron chi connectivity index (χ3n) is 10.9. The zero-order valence-electron chi connectivity index (χ0n) is 23.6. The molecule has 0 bridgehead atoms. The van der Waals surface area contributed by atoms with Gasteiger partial charge in [0, 0.05) is 18.1 Å². The average Bonchev–Trinajstić information content (AvgIpc) is 3.46. The lowest BCUT2D eigenvalue weighted by atomic mass is 9.57. The van der Waals surface area contributed by atoms with E-state index in [9.17, 15) is 22.8 Å². The first-order valence-electron chi connectivity index (χ1n) is 13.9. The molecule has 0 aliphatic heterocycles. The van der Waals surface area contributed by atoms with E-state index in [1.54, 1.807) is 6.07 Å². The molecule has 39 heavy (non-hydrogen) atoms. The van der Waals surface area contributed by atoms with Gasteiger partial charge in [0.1, 0.15) is 6.10 Å². The number of esters is 2. The number of hydrogen-bond acceptors (Lipinski definition) is 5. The van der Waals surface area contributed by atoms with E-state index in [0.29, 0.717) is 19.3 Å². The first-order chi connectivity index (χ1) is 18.2. The fraction of sp³-hybridized carbons (Fsp3) is 0.677. The van der Waals surface area contributed by atoms with Crippen molar-refractivity contribution in [2.24, 2.45) is 34.0 Å². The van der Waals surface area contributed by atoms with Crippen LogP contribution < -0.4 is 0 Å². The molecule has 0 N–H and O–H groups in total. The van der Waals surface area contributed by atoms with Gasteiger partial charge in [0.05, 0.1) is 13.0 Å². The van der Waals surface area contributed by atoms with Crippen molar-refractivity contribution in [3.63, 3.8) is 0 Å². The summed E-state index contributed by atoms with van der Waals surface area (Å²) >= 11 is 0. The number of fused-ring (bicyclic) bond motifs is 2. The van der Waals surface area contributed by atoms with Gasteiger partial charge in [-0.25, -0.2) is 4.79 Å². The summed E-state index contributed by atoms with van der Waals surface area (Å²) in [6.45, 7) is 8.67. The summed E-state index contributed by atoms with van der Waals surface area (Å²) in [5.74, 6) is -1.76. The van der Waals surface area contributed by atoms with Crippen LogP contribution in [0.3, 0.4) is 0 Å². The molecule has 4 aliphatic carbocycles. The second-order valence-corrected chi connectivity index (χ2v) is 13.1.